The zero-order valence-electron chi connectivity index (χ0n) is 15.9. The Morgan fingerprint density at radius 2 is 1.73 bits per heavy atom. The Kier molecular flexibility index (Phi) is 4.77. The number of nitrogens with zero attached hydrogens (tertiary/aromatic N) is 2. The van der Waals surface area contributed by atoms with E-state index in [0.717, 1.165) is 22.6 Å². The molecule has 30 heavy (non-hydrogen) atoms. The van der Waals surface area contributed by atoms with E-state index < -0.39 is 0 Å². The van der Waals surface area contributed by atoms with E-state index in [9.17, 15) is 14.0 Å². The van der Waals surface area contributed by atoms with Crippen molar-refractivity contribution < 1.29 is 18.7 Å². The minimum absolute atomic E-state index is 0.170. The van der Waals surface area contributed by atoms with Crippen LogP contribution in [0.2, 0.25) is 0 Å². The highest BCUT2D eigenvalue weighted by molar-refractivity contribution is 9.10. The fourth-order valence-corrected chi connectivity index (χ4v) is 5.09. The highest BCUT2D eigenvalue weighted by atomic mass is 79.9. The first-order valence-electron chi connectivity index (χ1n) is 9.78. The lowest BCUT2D eigenvalue weighted by Gasteiger charge is -2.13. The second kappa shape index (κ2) is 7.47. The highest BCUT2D eigenvalue weighted by Crippen LogP contribution is 2.52. The lowest BCUT2D eigenvalue weighted by molar-refractivity contribution is -0.140. The Balaban J connectivity index is 1.26. The van der Waals surface area contributed by atoms with Crippen molar-refractivity contribution in [2.24, 2.45) is 28.8 Å². The number of halogens is 2. The van der Waals surface area contributed by atoms with Crippen LogP contribution in [0.25, 0.3) is 0 Å². The molecule has 2 fully saturated rings. The average molecular weight is 469 g/mol. The Morgan fingerprint density at radius 1 is 1.07 bits per heavy atom. The number of hydrazone groups is 1. The molecular formula is C23H18BrFN2O3. The zero-order chi connectivity index (χ0) is 20.8. The number of imide groups is 1. The molecule has 1 saturated heterocycles. The summed E-state index contributed by atoms with van der Waals surface area (Å²) in [6.07, 6.45) is 6.54. The van der Waals surface area contributed by atoms with E-state index >= 15 is 0 Å². The third-order valence-electron chi connectivity index (χ3n) is 6.03. The normalized spacial score (nSPS) is 26.8. The highest BCUT2D eigenvalue weighted by Gasteiger charge is 2.59. The van der Waals surface area contributed by atoms with Crippen LogP contribution < -0.4 is 4.74 Å². The number of hydrogen-bond donors (Lipinski definition) is 0. The van der Waals surface area contributed by atoms with Gasteiger partial charge in [-0.25, -0.2) is 4.39 Å². The Labute approximate surface area is 181 Å². The van der Waals surface area contributed by atoms with Gasteiger partial charge in [0.2, 0.25) is 0 Å². The Bertz CT molecular complexity index is 1050. The molecule has 0 N–H and O–H groups in total. The molecule has 5 rings (SSSR count). The molecule has 2 aromatic carbocycles. The SMILES string of the molecule is O=C1[C@@H]2[C@H](C(=O)N1N=Cc1ccc(OCc3ccc(F)cc3)c(Br)c1)[C@H]1C=C[C@H]2C1. The zero-order valence-corrected chi connectivity index (χ0v) is 17.5. The quantitative estimate of drug-likeness (QED) is 0.373. The smallest absolute Gasteiger partial charge is 0.254 e. The van der Waals surface area contributed by atoms with E-state index in [1.54, 1.807) is 30.3 Å². The van der Waals surface area contributed by atoms with Crippen LogP contribution in [-0.4, -0.2) is 23.0 Å². The summed E-state index contributed by atoms with van der Waals surface area (Å²) in [6.45, 7) is 0.308. The molecule has 152 valence electrons. The summed E-state index contributed by atoms with van der Waals surface area (Å²) in [4.78, 5) is 25.4. The molecule has 2 aromatic rings. The van der Waals surface area contributed by atoms with Crippen molar-refractivity contribution in [1.82, 2.24) is 5.01 Å². The van der Waals surface area contributed by atoms with Crippen LogP contribution in [-0.2, 0) is 16.2 Å². The molecule has 0 unspecified atom stereocenters. The molecule has 1 heterocycles. The maximum absolute atomic E-state index is 13.0. The van der Waals surface area contributed by atoms with Crippen LogP contribution in [0, 0.1) is 29.5 Å². The standard InChI is InChI=1S/C23H18BrFN2O3/c24-18-9-14(3-8-19(18)30-12-13-1-6-17(25)7-2-13)11-26-27-22(28)20-15-4-5-16(10-15)21(20)23(27)29/h1-9,11,15-16,20-21H,10,12H2/t15-,16-,20-,21+/m0/s1. The van der Waals surface area contributed by atoms with Gasteiger partial charge in [-0.05, 0) is 75.6 Å². The molecule has 1 saturated carbocycles. The largest absolute Gasteiger partial charge is 0.488 e. The van der Waals surface area contributed by atoms with E-state index in [4.69, 9.17) is 4.74 Å². The molecular weight excluding hydrogens is 451 g/mol. The number of allylic oxidation sites excluding steroid dienone is 2. The van der Waals surface area contributed by atoms with Gasteiger partial charge < -0.3 is 4.74 Å². The molecule has 5 nitrogen and oxygen atoms in total. The summed E-state index contributed by atoms with van der Waals surface area (Å²) in [6, 6.07) is 11.5. The van der Waals surface area contributed by atoms with Gasteiger partial charge in [0.05, 0.1) is 22.5 Å². The van der Waals surface area contributed by atoms with Crippen molar-refractivity contribution in [1.29, 1.82) is 0 Å². The Hall–Kier alpha value is -2.80. The van der Waals surface area contributed by atoms with Crippen molar-refractivity contribution in [3.8, 4) is 5.75 Å². The first-order chi connectivity index (χ1) is 14.5. The number of benzene rings is 2. The average Bonchev–Trinajstić information content (AvgIpc) is 3.41. The molecule has 0 aromatic heterocycles. The molecule has 3 aliphatic rings. The van der Waals surface area contributed by atoms with Crippen molar-refractivity contribution >= 4 is 34.0 Å². The van der Waals surface area contributed by atoms with Crippen molar-refractivity contribution in [2.75, 3.05) is 0 Å². The molecule has 7 heteroatoms. The van der Waals surface area contributed by atoms with Gasteiger partial charge in [-0.3, -0.25) is 9.59 Å². The lowest BCUT2D eigenvalue weighted by atomic mass is 9.85. The van der Waals surface area contributed by atoms with Crippen molar-refractivity contribution in [3.63, 3.8) is 0 Å². The molecule has 1 aliphatic heterocycles. The third kappa shape index (κ3) is 3.27. The van der Waals surface area contributed by atoms with Crippen LogP contribution in [0.3, 0.4) is 0 Å². The third-order valence-corrected chi connectivity index (χ3v) is 6.65. The minimum atomic E-state index is -0.286. The second-order valence-electron chi connectivity index (χ2n) is 7.84. The van der Waals surface area contributed by atoms with E-state index in [0.29, 0.717) is 16.8 Å². The number of rotatable bonds is 5. The number of amides is 2. The summed E-state index contributed by atoms with van der Waals surface area (Å²) in [5.74, 6) is -0.218. The van der Waals surface area contributed by atoms with Crippen molar-refractivity contribution in [2.45, 2.75) is 13.0 Å². The number of hydrogen-bond acceptors (Lipinski definition) is 4. The maximum Gasteiger partial charge on any atom is 0.254 e. The fraction of sp³-hybridized carbons (Fsp3) is 0.261. The monoisotopic (exact) mass is 468 g/mol. The topological polar surface area (TPSA) is 59.0 Å². The van der Waals surface area contributed by atoms with Crippen molar-refractivity contribution in [3.05, 3.63) is 76.0 Å². The summed E-state index contributed by atoms with van der Waals surface area (Å²) in [5, 5.41) is 5.23. The van der Waals surface area contributed by atoms with Crippen LogP contribution in [0.5, 0.6) is 5.75 Å². The first kappa shape index (κ1) is 19.2. The second-order valence-corrected chi connectivity index (χ2v) is 8.69. The molecule has 2 amide bonds. The fourth-order valence-electron chi connectivity index (χ4n) is 4.58. The predicted molar refractivity (Wildman–Crippen MR) is 112 cm³/mol. The van der Waals surface area contributed by atoms with Gasteiger partial charge in [0.1, 0.15) is 18.2 Å². The first-order valence-corrected chi connectivity index (χ1v) is 10.6. The summed E-state index contributed by atoms with van der Waals surface area (Å²) < 4.78 is 19.5. The van der Waals surface area contributed by atoms with E-state index in [2.05, 4.69) is 33.2 Å². The van der Waals surface area contributed by atoms with E-state index in [1.165, 1.54) is 18.3 Å². The lowest BCUT2D eigenvalue weighted by Crippen LogP contribution is -2.28. The van der Waals surface area contributed by atoms with Gasteiger partial charge >= 0.3 is 0 Å². The number of carbonyl (C=O) groups is 2. The van der Waals surface area contributed by atoms with Crippen LogP contribution in [0.4, 0.5) is 4.39 Å². The predicted octanol–water partition coefficient (Wildman–Crippen LogP) is 4.31. The Morgan fingerprint density at radius 3 is 2.37 bits per heavy atom. The van der Waals surface area contributed by atoms with Gasteiger partial charge in [0, 0.05) is 0 Å². The molecule has 0 radical (unpaired) electrons. The van der Waals surface area contributed by atoms with Crippen LogP contribution in [0.1, 0.15) is 17.5 Å². The molecule has 2 bridgehead atoms. The van der Waals surface area contributed by atoms with Crippen LogP contribution in [0.15, 0.2) is 64.2 Å². The number of fused-ring (bicyclic) bond motifs is 5. The molecule has 4 atom stereocenters. The van der Waals surface area contributed by atoms with Gasteiger partial charge in [-0.15, -0.1) is 0 Å². The van der Waals surface area contributed by atoms with E-state index in [1.807, 2.05) is 0 Å². The maximum atomic E-state index is 13.0. The summed E-state index contributed by atoms with van der Waals surface area (Å²) >= 11 is 3.47. The minimum Gasteiger partial charge on any atom is -0.488 e. The van der Waals surface area contributed by atoms with Gasteiger partial charge in [0.25, 0.3) is 11.8 Å². The molecule has 2 aliphatic carbocycles. The van der Waals surface area contributed by atoms with Crippen LogP contribution >= 0.6 is 15.9 Å². The number of carbonyl (C=O) groups excluding carboxylic acids is 2. The summed E-state index contributed by atoms with van der Waals surface area (Å²) in [7, 11) is 0. The molecule has 0 spiro atoms. The van der Waals surface area contributed by atoms with E-state index in [-0.39, 0.29) is 41.3 Å². The van der Waals surface area contributed by atoms with Gasteiger partial charge in [-0.1, -0.05) is 24.3 Å². The van der Waals surface area contributed by atoms with Gasteiger partial charge in [-0.2, -0.15) is 10.1 Å². The van der Waals surface area contributed by atoms with Gasteiger partial charge in [0.15, 0.2) is 0 Å². The number of ether oxygens (including phenoxy) is 1. The summed E-state index contributed by atoms with van der Waals surface area (Å²) in [5.41, 5.74) is 1.59.